The minimum Gasteiger partial charge on any atom is -0.464 e. The van der Waals surface area contributed by atoms with Crippen LogP contribution in [-0.4, -0.2) is 54.7 Å². The Labute approximate surface area is 138 Å². The van der Waals surface area contributed by atoms with E-state index in [4.69, 9.17) is 9.52 Å². The predicted molar refractivity (Wildman–Crippen MR) is 93.4 cm³/mol. The summed E-state index contributed by atoms with van der Waals surface area (Å²) in [6.45, 7) is 3.55. The molecule has 0 amide bonds. The summed E-state index contributed by atoms with van der Waals surface area (Å²) in [6, 6.07) is 9.14. The van der Waals surface area contributed by atoms with Crippen LogP contribution >= 0.6 is 0 Å². The van der Waals surface area contributed by atoms with Gasteiger partial charge >= 0.3 is 0 Å². The summed E-state index contributed by atoms with van der Waals surface area (Å²) in [4.78, 5) is 4.92. The lowest BCUT2D eigenvalue weighted by Crippen LogP contribution is -2.48. The number of furan rings is 1. The molecule has 0 radical (unpaired) electrons. The van der Waals surface area contributed by atoms with Crippen molar-refractivity contribution < 1.29 is 9.52 Å². The largest absolute Gasteiger partial charge is 0.464 e. The number of piperidine rings is 1. The number of benzene rings is 1. The standard InChI is InChI=1S/C19H28N2O2/c1-20(2)18-7-9-21(14-17(18)4-3-10-22)13-15-5-6-19-16(12-15)8-11-23-19/h5-6,8,11-12,17-18,22H,3-4,7,9-10,13-14H2,1-2H3/t17-,18+/m1/s1. The number of likely N-dealkylation sites (tertiary alicyclic amines) is 1. The highest BCUT2D eigenvalue weighted by molar-refractivity contribution is 5.77. The van der Waals surface area contributed by atoms with Crippen LogP contribution in [0, 0.1) is 5.92 Å². The maximum Gasteiger partial charge on any atom is 0.133 e. The molecular formula is C19H28N2O2. The normalized spacial score (nSPS) is 23.0. The van der Waals surface area contributed by atoms with E-state index in [1.807, 2.05) is 6.07 Å². The van der Waals surface area contributed by atoms with Gasteiger partial charge in [-0.15, -0.1) is 0 Å². The van der Waals surface area contributed by atoms with Crippen LogP contribution in [0.4, 0.5) is 0 Å². The molecule has 1 aliphatic heterocycles. The van der Waals surface area contributed by atoms with Crippen LogP contribution in [0.5, 0.6) is 0 Å². The fourth-order valence-electron chi connectivity index (χ4n) is 3.93. The SMILES string of the molecule is CN(C)[C@H]1CCN(Cc2ccc3occc3c2)C[C@H]1CCCO. The zero-order valence-electron chi connectivity index (χ0n) is 14.2. The Bertz CT molecular complexity index is 623. The molecule has 0 spiro atoms. The van der Waals surface area contributed by atoms with Crippen LogP contribution < -0.4 is 0 Å². The van der Waals surface area contributed by atoms with Crippen molar-refractivity contribution in [2.45, 2.75) is 31.8 Å². The maximum atomic E-state index is 9.17. The number of fused-ring (bicyclic) bond motifs is 1. The van der Waals surface area contributed by atoms with E-state index in [0.29, 0.717) is 18.6 Å². The second-order valence-corrected chi connectivity index (χ2v) is 6.97. The molecule has 23 heavy (non-hydrogen) atoms. The maximum absolute atomic E-state index is 9.17. The summed E-state index contributed by atoms with van der Waals surface area (Å²) in [5.74, 6) is 0.642. The molecule has 1 fully saturated rings. The molecular weight excluding hydrogens is 288 g/mol. The van der Waals surface area contributed by atoms with E-state index in [1.165, 1.54) is 17.4 Å². The van der Waals surface area contributed by atoms with Gasteiger partial charge in [0.25, 0.3) is 0 Å². The number of aliphatic hydroxyl groups excluding tert-OH is 1. The van der Waals surface area contributed by atoms with Gasteiger partial charge in [0.15, 0.2) is 0 Å². The first-order valence-corrected chi connectivity index (χ1v) is 8.63. The molecule has 2 aromatic rings. The lowest BCUT2D eigenvalue weighted by atomic mass is 9.87. The zero-order chi connectivity index (χ0) is 16.2. The highest BCUT2D eigenvalue weighted by atomic mass is 16.3. The van der Waals surface area contributed by atoms with Crippen LogP contribution in [0.1, 0.15) is 24.8 Å². The molecule has 2 atom stereocenters. The first-order valence-electron chi connectivity index (χ1n) is 8.63. The van der Waals surface area contributed by atoms with E-state index in [0.717, 1.165) is 38.1 Å². The fraction of sp³-hybridized carbons (Fsp3) is 0.579. The summed E-state index contributed by atoms with van der Waals surface area (Å²) >= 11 is 0. The molecule has 2 heterocycles. The molecule has 1 N–H and O–H groups in total. The van der Waals surface area contributed by atoms with Crippen molar-refractivity contribution >= 4 is 11.0 Å². The van der Waals surface area contributed by atoms with E-state index < -0.39 is 0 Å². The van der Waals surface area contributed by atoms with Crippen LogP contribution in [0.2, 0.25) is 0 Å². The molecule has 4 nitrogen and oxygen atoms in total. The fourth-order valence-corrected chi connectivity index (χ4v) is 3.93. The predicted octanol–water partition coefficient (Wildman–Crippen LogP) is 2.96. The van der Waals surface area contributed by atoms with Gasteiger partial charge in [0.1, 0.15) is 5.58 Å². The van der Waals surface area contributed by atoms with Crippen molar-refractivity contribution in [2.75, 3.05) is 33.8 Å². The van der Waals surface area contributed by atoms with Crippen molar-refractivity contribution in [3.63, 3.8) is 0 Å². The van der Waals surface area contributed by atoms with Gasteiger partial charge in [0, 0.05) is 31.1 Å². The molecule has 0 saturated carbocycles. The second kappa shape index (κ2) is 7.47. The van der Waals surface area contributed by atoms with Gasteiger partial charge < -0.3 is 14.4 Å². The Morgan fingerprint density at radius 1 is 1.30 bits per heavy atom. The lowest BCUT2D eigenvalue weighted by Gasteiger charge is -2.41. The second-order valence-electron chi connectivity index (χ2n) is 6.97. The minimum absolute atomic E-state index is 0.299. The Morgan fingerprint density at radius 3 is 2.96 bits per heavy atom. The molecule has 3 rings (SSSR count). The van der Waals surface area contributed by atoms with Crippen LogP contribution in [0.3, 0.4) is 0 Å². The molecule has 0 bridgehead atoms. The summed E-state index contributed by atoms with van der Waals surface area (Å²) < 4.78 is 5.42. The summed E-state index contributed by atoms with van der Waals surface area (Å²) in [5.41, 5.74) is 2.31. The van der Waals surface area contributed by atoms with Gasteiger partial charge in [-0.05, 0) is 69.6 Å². The number of hydrogen-bond donors (Lipinski definition) is 1. The van der Waals surface area contributed by atoms with E-state index >= 15 is 0 Å². The Hall–Kier alpha value is -1.36. The first kappa shape index (κ1) is 16.5. The van der Waals surface area contributed by atoms with Crippen molar-refractivity contribution in [2.24, 2.45) is 5.92 Å². The number of nitrogens with zero attached hydrogens (tertiary/aromatic N) is 2. The van der Waals surface area contributed by atoms with Crippen molar-refractivity contribution in [1.82, 2.24) is 9.80 Å². The number of aliphatic hydroxyl groups is 1. The Morgan fingerprint density at radius 2 is 2.17 bits per heavy atom. The van der Waals surface area contributed by atoms with Gasteiger partial charge in [-0.2, -0.15) is 0 Å². The monoisotopic (exact) mass is 316 g/mol. The molecule has 1 aromatic carbocycles. The number of hydrogen-bond acceptors (Lipinski definition) is 4. The highest BCUT2D eigenvalue weighted by Gasteiger charge is 2.30. The third-order valence-electron chi connectivity index (χ3n) is 5.10. The van der Waals surface area contributed by atoms with Crippen molar-refractivity contribution in [3.05, 3.63) is 36.1 Å². The third kappa shape index (κ3) is 3.94. The van der Waals surface area contributed by atoms with Gasteiger partial charge in [-0.25, -0.2) is 0 Å². The molecule has 1 saturated heterocycles. The topological polar surface area (TPSA) is 39.9 Å². The Balaban J connectivity index is 1.65. The molecule has 126 valence electrons. The molecule has 1 aromatic heterocycles. The van der Waals surface area contributed by atoms with E-state index in [1.54, 1.807) is 6.26 Å². The van der Waals surface area contributed by atoms with Crippen LogP contribution in [0.15, 0.2) is 34.9 Å². The molecule has 0 unspecified atom stereocenters. The van der Waals surface area contributed by atoms with Gasteiger partial charge in [0.2, 0.25) is 0 Å². The molecule has 1 aliphatic rings. The van der Waals surface area contributed by atoms with Crippen molar-refractivity contribution in [1.29, 1.82) is 0 Å². The highest BCUT2D eigenvalue weighted by Crippen LogP contribution is 2.26. The van der Waals surface area contributed by atoms with Gasteiger partial charge in [-0.1, -0.05) is 6.07 Å². The number of rotatable bonds is 6. The quantitative estimate of drug-likeness (QED) is 0.889. The van der Waals surface area contributed by atoms with E-state index in [9.17, 15) is 0 Å². The van der Waals surface area contributed by atoms with Gasteiger partial charge in [-0.3, -0.25) is 4.90 Å². The Kier molecular flexibility index (Phi) is 5.36. The summed E-state index contributed by atoms with van der Waals surface area (Å²) in [5, 5.41) is 10.3. The minimum atomic E-state index is 0.299. The van der Waals surface area contributed by atoms with E-state index in [-0.39, 0.29) is 0 Å². The van der Waals surface area contributed by atoms with Gasteiger partial charge in [0.05, 0.1) is 6.26 Å². The van der Waals surface area contributed by atoms with E-state index in [2.05, 4.69) is 42.1 Å². The smallest absolute Gasteiger partial charge is 0.133 e. The average molecular weight is 316 g/mol. The average Bonchev–Trinajstić information content (AvgIpc) is 3.00. The molecule has 0 aliphatic carbocycles. The zero-order valence-corrected chi connectivity index (χ0v) is 14.2. The summed E-state index contributed by atoms with van der Waals surface area (Å²) in [6.07, 6.45) is 4.97. The van der Waals surface area contributed by atoms with Crippen LogP contribution in [-0.2, 0) is 6.54 Å². The summed E-state index contributed by atoms with van der Waals surface area (Å²) in [7, 11) is 4.36. The van der Waals surface area contributed by atoms with Crippen LogP contribution in [0.25, 0.3) is 11.0 Å². The lowest BCUT2D eigenvalue weighted by molar-refractivity contribution is 0.0717. The molecule has 4 heteroatoms. The first-order chi connectivity index (χ1) is 11.2. The third-order valence-corrected chi connectivity index (χ3v) is 5.10. The van der Waals surface area contributed by atoms with Crippen molar-refractivity contribution in [3.8, 4) is 0 Å².